The summed E-state index contributed by atoms with van der Waals surface area (Å²) in [5.74, 6) is 0.165. The zero-order valence-electron chi connectivity index (χ0n) is 9.66. The van der Waals surface area contributed by atoms with E-state index in [0.29, 0.717) is 6.42 Å². The first-order chi connectivity index (χ1) is 7.59. The molecule has 16 heavy (non-hydrogen) atoms. The van der Waals surface area contributed by atoms with Gasteiger partial charge in [-0.15, -0.1) is 0 Å². The lowest BCUT2D eigenvalue weighted by atomic mass is 10.2. The van der Waals surface area contributed by atoms with E-state index < -0.39 is 10.8 Å². The fraction of sp³-hybridized carbons (Fsp3) is 0.462. The molecule has 0 aliphatic heterocycles. The Kier molecular flexibility index (Phi) is 3.24. The van der Waals surface area contributed by atoms with Gasteiger partial charge in [0.2, 0.25) is 0 Å². The van der Waals surface area contributed by atoms with Crippen LogP contribution in [0.5, 0.6) is 0 Å². The summed E-state index contributed by atoms with van der Waals surface area (Å²) < 4.78 is 12.3. The molecule has 1 saturated carbocycles. The molecule has 0 N–H and O–H groups in total. The molecule has 2 atom stereocenters. The molecule has 0 aromatic heterocycles. The van der Waals surface area contributed by atoms with Crippen molar-refractivity contribution < 1.29 is 9.00 Å². The van der Waals surface area contributed by atoms with Crippen molar-refractivity contribution in [3.05, 3.63) is 29.3 Å². The van der Waals surface area contributed by atoms with Crippen LogP contribution in [0.25, 0.3) is 0 Å². The maximum Gasteiger partial charge on any atom is 0.148 e. The Bertz CT molecular complexity index is 451. The van der Waals surface area contributed by atoms with Gasteiger partial charge in [0.25, 0.3) is 0 Å². The molecule has 86 valence electrons. The fourth-order valence-corrected chi connectivity index (χ4v) is 3.81. The van der Waals surface area contributed by atoms with E-state index >= 15 is 0 Å². The third kappa shape index (κ3) is 2.09. The number of hydrogen-bond acceptors (Lipinski definition) is 2. The molecule has 1 aromatic carbocycles. The van der Waals surface area contributed by atoms with Crippen LogP contribution in [0.15, 0.2) is 23.1 Å². The number of ketones is 1. The Labute approximate surface area is 98.5 Å². The Morgan fingerprint density at radius 2 is 2.06 bits per heavy atom. The minimum absolute atomic E-state index is 0.165. The molecule has 0 radical (unpaired) electrons. The lowest BCUT2D eigenvalue weighted by Gasteiger charge is -2.11. The number of carbonyl (C=O) groups excluding carboxylic acids is 1. The predicted molar refractivity (Wildman–Crippen MR) is 65.0 cm³/mol. The monoisotopic (exact) mass is 236 g/mol. The Morgan fingerprint density at radius 1 is 1.31 bits per heavy atom. The van der Waals surface area contributed by atoms with Gasteiger partial charge in [0.15, 0.2) is 0 Å². The van der Waals surface area contributed by atoms with Gasteiger partial charge in [0.1, 0.15) is 5.78 Å². The summed E-state index contributed by atoms with van der Waals surface area (Å²) >= 11 is 0. The lowest BCUT2D eigenvalue weighted by Crippen LogP contribution is -2.20. The summed E-state index contributed by atoms with van der Waals surface area (Å²) in [7, 11) is -1.16. The molecule has 0 bridgehead atoms. The number of hydrogen-bond donors (Lipinski definition) is 0. The molecule has 2 rings (SSSR count). The van der Waals surface area contributed by atoms with Crippen molar-refractivity contribution in [2.45, 2.75) is 43.3 Å². The van der Waals surface area contributed by atoms with Crippen LogP contribution in [0.4, 0.5) is 0 Å². The third-order valence-electron chi connectivity index (χ3n) is 3.05. The molecule has 1 fully saturated rings. The molecule has 0 heterocycles. The number of rotatable bonds is 2. The number of benzene rings is 1. The second kappa shape index (κ2) is 4.50. The molecule has 1 aliphatic rings. The molecule has 3 heteroatoms. The van der Waals surface area contributed by atoms with E-state index in [2.05, 4.69) is 0 Å². The van der Waals surface area contributed by atoms with Crippen LogP contribution in [0.1, 0.15) is 30.4 Å². The maximum absolute atomic E-state index is 12.3. The summed E-state index contributed by atoms with van der Waals surface area (Å²) in [4.78, 5) is 12.4. The van der Waals surface area contributed by atoms with E-state index in [9.17, 15) is 9.00 Å². The standard InChI is InChI=1S/C13H16O2S/c1-9-6-7-12(10(2)8-9)16(15)13-5-3-4-11(13)14/h6-8,13H,3-5H2,1-2H3. The highest BCUT2D eigenvalue weighted by atomic mass is 32.2. The largest absolute Gasteiger partial charge is 0.298 e. The third-order valence-corrected chi connectivity index (χ3v) is 4.96. The van der Waals surface area contributed by atoms with E-state index in [1.165, 1.54) is 0 Å². The normalized spacial score (nSPS) is 22.4. The van der Waals surface area contributed by atoms with Gasteiger partial charge in [0.05, 0.1) is 16.0 Å². The van der Waals surface area contributed by atoms with Crippen LogP contribution >= 0.6 is 0 Å². The first-order valence-electron chi connectivity index (χ1n) is 5.60. The second-order valence-corrected chi connectivity index (χ2v) is 6.02. The summed E-state index contributed by atoms with van der Waals surface area (Å²) in [5, 5.41) is -0.263. The molecular formula is C13H16O2S. The molecule has 0 saturated heterocycles. The van der Waals surface area contributed by atoms with Crippen LogP contribution in [0, 0.1) is 13.8 Å². The van der Waals surface area contributed by atoms with Gasteiger partial charge < -0.3 is 0 Å². The minimum Gasteiger partial charge on any atom is -0.298 e. The molecule has 1 aromatic rings. The van der Waals surface area contributed by atoms with Crippen molar-refractivity contribution >= 4 is 16.6 Å². The predicted octanol–water partition coefficient (Wildman–Crippen LogP) is 2.53. The van der Waals surface area contributed by atoms with Crippen molar-refractivity contribution in [1.29, 1.82) is 0 Å². The zero-order chi connectivity index (χ0) is 11.7. The first kappa shape index (κ1) is 11.5. The summed E-state index contributed by atoms with van der Waals surface area (Å²) in [6.07, 6.45) is 2.26. The van der Waals surface area contributed by atoms with Gasteiger partial charge >= 0.3 is 0 Å². The summed E-state index contributed by atoms with van der Waals surface area (Å²) in [6.45, 7) is 3.97. The summed E-state index contributed by atoms with van der Waals surface area (Å²) in [5.41, 5.74) is 2.19. The molecular weight excluding hydrogens is 220 g/mol. The molecule has 0 amide bonds. The Balaban J connectivity index is 2.30. The number of carbonyl (C=O) groups is 1. The van der Waals surface area contributed by atoms with Crippen molar-refractivity contribution in [3.63, 3.8) is 0 Å². The van der Waals surface area contributed by atoms with Crippen LogP contribution in [0.2, 0.25) is 0 Å². The van der Waals surface area contributed by atoms with Crippen molar-refractivity contribution in [3.8, 4) is 0 Å². The highest BCUT2D eigenvalue weighted by Crippen LogP contribution is 2.26. The van der Waals surface area contributed by atoms with E-state index in [-0.39, 0.29) is 11.0 Å². The smallest absolute Gasteiger partial charge is 0.148 e. The van der Waals surface area contributed by atoms with Crippen LogP contribution in [0.3, 0.4) is 0 Å². The average molecular weight is 236 g/mol. The van der Waals surface area contributed by atoms with E-state index in [1.54, 1.807) is 0 Å². The topological polar surface area (TPSA) is 34.1 Å². The Hall–Kier alpha value is -0.960. The van der Waals surface area contributed by atoms with Gasteiger partial charge in [-0.3, -0.25) is 9.00 Å². The fourth-order valence-electron chi connectivity index (χ4n) is 2.19. The van der Waals surface area contributed by atoms with Crippen LogP contribution in [-0.2, 0) is 15.6 Å². The van der Waals surface area contributed by atoms with Gasteiger partial charge in [-0.05, 0) is 38.3 Å². The van der Waals surface area contributed by atoms with Gasteiger partial charge in [-0.25, -0.2) is 0 Å². The Morgan fingerprint density at radius 3 is 2.62 bits per heavy atom. The van der Waals surface area contributed by atoms with Crippen LogP contribution < -0.4 is 0 Å². The highest BCUT2D eigenvalue weighted by molar-refractivity contribution is 7.86. The van der Waals surface area contributed by atoms with Gasteiger partial charge in [-0.1, -0.05) is 17.7 Å². The van der Waals surface area contributed by atoms with E-state index in [4.69, 9.17) is 0 Å². The number of aryl methyl sites for hydroxylation is 2. The quantitative estimate of drug-likeness (QED) is 0.790. The first-order valence-corrected chi connectivity index (χ1v) is 6.81. The highest BCUT2D eigenvalue weighted by Gasteiger charge is 2.31. The van der Waals surface area contributed by atoms with E-state index in [0.717, 1.165) is 28.9 Å². The zero-order valence-corrected chi connectivity index (χ0v) is 10.5. The van der Waals surface area contributed by atoms with Gasteiger partial charge in [-0.2, -0.15) is 0 Å². The van der Waals surface area contributed by atoms with E-state index in [1.807, 2.05) is 32.0 Å². The van der Waals surface area contributed by atoms with Crippen molar-refractivity contribution in [1.82, 2.24) is 0 Å². The molecule has 1 aliphatic carbocycles. The van der Waals surface area contributed by atoms with Crippen molar-refractivity contribution in [2.75, 3.05) is 0 Å². The second-order valence-electron chi connectivity index (χ2n) is 4.41. The average Bonchev–Trinajstić information content (AvgIpc) is 2.63. The molecule has 0 spiro atoms. The van der Waals surface area contributed by atoms with Gasteiger partial charge in [0, 0.05) is 11.3 Å². The number of Topliss-reactive ketones (excluding diaryl/α,β-unsaturated/α-hetero) is 1. The lowest BCUT2D eigenvalue weighted by molar-refractivity contribution is -0.117. The SMILES string of the molecule is Cc1ccc(S(=O)C2CCCC2=O)c(C)c1. The molecule has 2 nitrogen and oxygen atoms in total. The maximum atomic E-state index is 12.3. The van der Waals surface area contributed by atoms with Crippen molar-refractivity contribution in [2.24, 2.45) is 0 Å². The molecule has 2 unspecified atom stereocenters. The summed E-state index contributed by atoms with van der Waals surface area (Å²) in [6, 6.07) is 5.87. The minimum atomic E-state index is -1.16. The van der Waals surface area contributed by atoms with Crippen LogP contribution in [-0.4, -0.2) is 15.2 Å².